The fourth-order valence-corrected chi connectivity index (χ4v) is 8.94. The Morgan fingerprint density at radius 2 is 1.41 bits per heavy atom. The van der Waals surface area contributed by atoms with Gasteiger partial charge in [-0.05, 0) is 47.4 Å². The van der Waals surface area contributed by atoms with Crippen molar-refractivity contribution in [1.29, 1.82) is 0 Å². The van der Waals surface area contributed by atoms with Crippen LogP contribution >= 0.6 is 0 Å². The Balaban J connectivity index is 1.32. The minimum atomic E-state index is -4.87. The molecule has 2 aliphatic carbocycles. The van der Waals surface area contributed by atoms with Crippen molar-refractivity contribution in [3.63, 3.8) is 0 Å². The van der Waals surface area contributed by atoms with E-state index in [-0.39, 0.29) is 52.7 Å². The first-order valence-corrected chi connectivity index (χ1v) is 17.5. The molecule has 4 heterocycles. The normalized spacial score (nSPS) is 23.4. The molecule has 2 aliphatic heterocycles. The first kappa shape index (κ1) is 35.8. The Labute approximate surface area is 305 Å². The van der Waals surface area contributed by atoms with Crippen LogP contribution in [-0.4, -0.2) is 44.8 Å². The SMILES string of the molecule is COc1ccccc1C1C2=C(CC(C)(C)CC2=O)N(c2ccc(C3c4c(n[nH]c4C(F)(F)F)N=C4CC(C)(C)CC(=O)C43)cc2)c2n[nH]c(C(F)(F)F)c21. The molecule has 0 radical (unpaired) electrons. The number of hydrogen-bond donors (Lipinski definition) is 2. The van der Waals surface area contributed by atoms with Crippen molar-refractivity contribution in [3.05, 3.63) is 93.4 Å². The molecule has 3 atom stereocenters. The van der Waals surface area contributed by atoms with Crippen molar-refractivity contribution in [1.82, 2.24) is 20.4 Å². The van der Waals surface area contributed by atoms with Gasteiger partial charge in [-0.1, -0.05) is 58.0 Å². The molecule has 1 saturated carbocycles. The van der Waals surface area contributed by atoms with Gasteiger partial charge in [0.05, 0.1) is 13.0 Å². The number of allylic oxidation sites excluding steroid dienone is 2. The number of aromatic nitrogens is 4. The van der Waals surface area contributed by atoms with Crippen LogP contribution in [0.4, 0.5) is 43.7 Å². The van der Waals surface area contributed by atoms with Gasteiger partial charge in [0.1, 0.15) is 22.9 Å². The lowest BCUT2D eigenvalue weighted by molar-refractivity contribution is -0.142. The van der Waals surface area contributed by atoms with Gasteiger partial charge in [-0.25, -0.2) is 4.99 Å². The molecule has 2 aromatic heterocycles. The fraction of sp³-hybridized carbons (Fsp3) is 0.410. The summed E-state index contributed by atoms with van der Waals surface area (Å²) in [5, 5.41) is 12.4. The van der Waals surface area contributed by atoms with Crippen LogP contribution in [0.5, 0.6) is 5.75 Å². The minimum absolute atomic E-state index is 0.0662. The number of carbonyl (C=O) groups excluding carboxylic acids is 2. The largest absolute Gasteiger partial charge is 0.496 e. The van der Waals surface area contributed by atoms with Crippen molar-refractivity contribution in [2.75, 3.05) is 12.0 Å². The summed E-state index contributed by atoms with van der Waals surface area (Å²) in [7, 11) is 1.41. The number of ketones is 2. The highest BCUT2D eigenvalue weighted by molar-refractivity contribution is 6.11. The molecular formula is C39H36F6N6O3. The van der Waals surface area contributed by atoms with E-state index in [2.05, 4.69) is 25.4 Å². The standard InChI is InChI=1S/C39H36F6N6O3/c1-36(2)14-21-28(23(52)16-36)26(30-32(38(40,41)42)47-49-34(30)46-21)18-10-12-19(13-11-18)51-22-15-37(3,4)17-24(53)29(22)27(20-8-6-7-9-25(20)54-5)31-33(39(43,44)45)48-50-35(31)51/h6-13,26-28H,14-17H2,1-5H3,(H,47,49)(H,48,50). The third kappa shape index (κ3) is 5.65. The van der Waals surface area contributed by atoms with Gasteiger partial charge in [0.15, 0.2) is 17.4 Å². The number of ether oxygens (including phenoxy) is 1. The van der Waals surface area contributed by atoms with Crippen LogP contribution in [0.3, 0.4) is 0 Å². The summed E-state index contributed by atoms with van der Waals surface area (Å²) in [4.78, 5) is 33.9. The molecule has 1 fully saturated rings. The van der Waals surface area contributed by atoms with E-state index >= 15 is 0 Å². The Morgan fingerprint density at radius 1 is 0.778 bits per heavy atom. The van der Waals surface area contributed by atoms with E-state index in [9.17, 15) is 35.9 Å². The third-order valence-corrected chi connectivity index (χ3v) is 11.0. The lowest BCUT2D eigenvalue weighted by atomic mass is 9.63. The second kappa shape index (κ2) is 11.9. The molecule has 2 aromatic carbocycles. The average Bonchev–Trinajstić information content (AvgIpc) is 3.71. The summed E-state index contributed by atoms with van der Waals surface area (Å²) in [6.07, 6.45) is -8.76. The molecule has 4 aromatic rings. The van der Waals surface area contributed by atoms with E-state index < -0.39 is 52.3 Å². The molecule has 3 unspecified atom stereocenters. The van der Waals surface area contributed by atoms with Crippen molar-refractivity contribution in [2.24, 2.45) is 21.7 Å². The van der Waals surface area contributed by atoms with Gasteiger partial charge in [0.25, 0.3) is 0 Å². The van der Waals surface area contributed by atoms with Crippen molar-refractivity contribution >= 4 is 34.6 Å². The molecular weight excluding hydrogens is 714 g/mol. The number of para-hydroxylation sites is 1. The molecule has 282 valence electrons. The molecule has 15 heteroatoms. The Morgan fingerprint density at radius 3 is 2.07 bits per heavy atom. The number of H-pyrrole nitrogens is 2. The van der Waals surface area contributed by atoms with Gasteiger partial charge in [0, 0.05) is 64.0 Å². The molecule has 0 amide bonds. The van der Waals surface area contributed by atoms with Gasteiger partial charge >= 0.3 is 12.4 Å². The Kier molecular flexibility index (Phi) is 7.89. The fourth-order valence-electron chi connectivity index (χ4n) is 8.94. The van der Waals surface area contributed by atoms with Crippen molar-refractivity contribution in [3.8, 4) is 5.75 Å². The van der Waals surface area contributed by atoms with Gasteiger partial charge in [-0.2, -0.15) is 36.5 Å². The third-order valence-electron chi connectivity index (χ3n) is 11.0. The molecule has 2 N–H and O–H groups in total. The van der Waals surface area contributed by atoms with Crippen LogP contribution in [0.25, 0.3) is 0 Å². The molecule has 0 spiro atoms. The van der Waals surface area contributed by atoms with Crippen molar-refractivity contribution in [2.45, 2.75) is 77.6 Å². The lowest BCUT2D eigenvalue weighted by Crippen LogP contribution is -2.42. The highest BCUT2D eigenvalue weighted by Gasteiger charge is 2.52. The number of anilines is 2. The first-order valence-electron chi connectivity index (χ1n) is 17.5. The predicted molar refractivity (Wildman–Crippen MR) is 186 cm³/mol. The summed E-state index contributed by atoms with van der Waals surface area (Å²) >= 11 is 0. The number of nitrogens with one attached hydrogen (secondary N) is 2. The summed E-state index contributed by atoms with van der Waals surface area (Å²) in [6.45, 7) is 7.61. The summed E-state index contributed by atoms with van der Waals surface area (Å²) in [5.74, 6) is -3.67. The monoisotopic (exact) mass is 750 g/mol. The van der Waals surface area contributed by atoms with E-state index in [1.807, 2.05) is 27.7 Å². The second-order valence-corrected chi connectivity index (χ2v) is 16.1. The van der Waals surface area contributed by atoms with Crippen LogP contribution in [0.15, 0.2) is 64.8 Å². The number of halogens is 6. The number of hydrogen-bond acceptors (Lipinski definition) is 7. The lowest BCUT2D eigenvalue weighted by Gasteiger charge is -2.43. The van der Waals surface area contributed by atoms with Crippen LogP contribution in [0.2, 0.25) is 0 Å². The van der Waals surface area contributed by atoms with E-state index in [0.717, 1.165) is 0 Å². The van der Waals surface area contributed by atoms with Crippen LogP contribution in [-0.2, 0) is 21.9 Å². The van der Waals surface area contributed by atoms with Gasteiger partial charge < -0.3 is 4.74 Å². The number of nitrogens with zero attached hydrogens (tertiary/aromatic N) is 4. The number of methoxy groups -OCH3 is 1. The highest BCUT2D eigenvalue weighted by Crippen LogP contribution is 2.57. The predicted octanol–water partition coefficient (Wildman–Crippen LogP) is 9.33. The molecule has 9 nitrogen and oxygen atoms in total. The van der Waals surface area contributed by atoms with Crippen LogP contribution in [0, 0.1) is 16.7 Å². The van der Waals surface area contributed by atoms with Crippen LogP contribution < -0.4 is 9.64 Å². The summed E-state index contributed by atoms with van der Waals surface area (Å²) in [5.41, 5.74) is -1.54. The van der Waals surface area contributed by atoms with E-state index in [1.54, 1.807) is 48.5 Å². The number of carbonyl (C=O) groups is 2. The van der Waals surface area contributed by atoms with E-state index in [4.69, 9.17) is 4.74 Å². The maximum absolute atomic E-state index is 14.8. The van der Waals surface area contributed by atoms with Crippen molar-refractivity contribution < 1.29 is 40.7 Å². The van der Waals surface area contributed by atoms with Gasteiger partial charge in [-0.3, -0.25) is 24.7 Å². The quantitative estimate of drug-likeness (QED) is 0.201. The zero-order valence-electron chi connectivity index (χ0n) is 30.0. The topological polar surface area (TPSA) is 116 Å². The highest BCUT2D eigenvalue weighted by atomic mass is 19.4. The molecule has 0 saturated heterocycles. The minimum Gasteiger partial charge on any atom is -0.496 e. The zero-order valence-corrected chi connectivity index (χ0v) is 30.0. The van der Waals surface area contributed by atoms with Gasteiger partial charge in [0.2, 0.25) is 0 Å². The number of alkyl halides is 6. The Bertz CT molecular complexity index is 2280. The second-order valence-electron chi connectivity index (χ2n) is 16.1. The molecule has 0 bridgehead atoms. The number of benzene rings is 2. The number of aromatic amines is 2. The maximum Gasteiger partial charge on any atom is 0.433 e. The Hall–Kier alpha value is -5.21. The van der Waals surface area contributed by atoms with E-state index in [0.29, 0.717) is 46.8 Å². The van der Waals surface area contributed by atoms with Gasteiger partial charge in [-0.15, -0.1) is 0 Å². The smallest absolute Gasteiger partial charge is 0.433 e. The number of Topliss-reactive ketones (excluding diaryl/α,β-unsaturated/α-hetero) is 2. The molecule has 8 rings (SSSR count). The number of fused-ring (bicyclic) bond motifs is 3. The number of aliphatic imine (C=N–C) groups is 1. The average molecular weight is 751 g/mol. The summed E-state index contributed by atoms with van der Waals surface area (Å²) < 4.78 is 93.1. The molecule has 4 aliphatic rings. The zero-order chi connectivity index (χ0) is 38.7. The van der Waals surface area contributed by atoms with E-state index in [1.165, 1.54) is 12.0 Å². The number of rotatable bonds is 4. The maximum atomic E-state index is 14.8. The molecule has 54 heavy (non-hydrogen) atoms. The van der Waals surface area contributed by atoms with Crippen LogP contribution in [0.1, 0.15) is 98.9 Å². The summed E-state index contributed by atoms with van der Waals surface area (Å²) in [6, 6.07) is 12.9. The first-order chi connectivity index (χ1) is 25.3.